The van der Waals surface area contributed by atoms with Crippen LogP contribution in [-0.4, -0.2) is 24.2 Å². The zero-order chi connectivity index (χ0) is 24.9. The molecule has 0 amide bonds. The lowest BCUT2D eigenvalue weighted by molar-refractivity contribution is -0.147. The molecule has 0 aliphatic heterocycles. The fourth-order valence-electron chi connectivity index (χ4n) is 3.90. The van der Waals surface area contributed by atoms with E-state index in [9.17, 15) is 9.59 Å². The smallest absolute Gasteiger partial charge is 0.338 e. The highest BCUT2D eigenvalue weighted by Gasteiger charge is 2.21. The van der Waals surface area contributed by atoms with Gasteiger partial charge in [0.05, 0.1) is 24.8 Å². The summed E-state index contributed by atoms with van der Waals surface area (Å²) in [4.78, 5) is 24.9. The Hall–Kier alpha value is -3.90. The molecule has 1 unspecified atom stereocenters. The number of hydrogen-bond acceptors (Lipinski definition) is 6. The number of nitrogens with zero attached hydrogens (tertiary/aromatic N) is 1. The van der Waals surface area contributed by atoms with Crippen molar-refractivity contribution in [3.63, 3.8) is 0 Å². The van der Waals surface area contributed by atoms with Crippen molar-refractivity contribution in [2.24, 2.45) is 0 Å². The van der Waals surface area contributed by atoms with Crippen LogP contribution in [0, 0.1) is 6.92 Å². The summed E-state index contributed by atoms with van der Waals surface area (Å²) < 4.78 is 16.1. The number of methoxy groups -OCH3 is 1. The normalized spacial score (nSPS) is 11.7. The number of halogens is 1. The van der Waals surface area contributed by atoms with Crippen LogP contribution in [0.5, 0.6) is 0 Å². The average molecular weight is 490 g/mol. The van der Waals surface area contributed by atoms with Crippen LogP contribution in [-0.2, 0) is 20.7 Å². The number of aromatic nitrogens is 1. The average Bonchev–Trinajstić information content (AvgIpc) is 3.23. The molecular formula is C28H24ClNO5. The third-order valence-electron chi connectivity index (χ3n) is 5.75. The summed E-state index contributed by atoms with van der Waals surface area (Å²) >= 11 is 6.23. The van der Waals surface area contributed by atoms with Gasteiger partial charge in [0.1, 0.15) is 6.10 Å². The molecule has 3 aromatic carbocycles. The molecule has 1 atom stereocenters. The van der Waals surface area contributed by atoms with Gasteiger partial charge < -0.3 is 14.0 Å². The first-order valence-electron chi connectivity index (χ1n) is 11.1. The molecule has 0 saturated heterocycles. The number of rotatable bonds is 7. The highest BCUT2D eigenvalue weighted by Crippen LogP contribution is 2.31. The highest BCUT2D eigenvalue weighted by molar-refractivity contribution is 6.31. The van der Waals surface area contributed by atoms with Gasteiger partial charge >= 0.3 is 11.9 Å². The van der Waals surface area contributed by atoms with Gasteiger partial charge in [-0.2, -0.15) is 0 Å². The van der Waals surface area contributed by atoms with Crippen LogP contribution in [0.15, 0.2) is 77.3 Å². The molecule has 0 fully saturated rings. The summed E-state index contributed by atoms with van der Waals surface area (Å²) in [6, 6.07) is 22.0. The Labute approximate surface area is 208 Å². The standard InChI is InChI=1S/C28H24ClNO5/c1-17-24(16-26(31)34-18(2)21-8-6-7-11-25(21)29)27(35-30-17)20-14-12-19(13-15-20)22-9-4-5-10-23(22)28(32)33-3/h4-15,18H,16H2,1-3H3. The van der Waals surface area contributed by atoms with E-state index in [1.54, 1.807) is 32.0 Å². The molecule has 0 N–H and O–H groups in total. The van der Waals surface area contributed by atoms with E-state index in [0.29, 0.717) is 27.6 Å². The lowest BCUT2D eigenvalue weighted by atomic mass is 9.97. The third-order valence-corrected chi connectivity index (χ3v) is 6.09. The van der Waals surface area contributed by atoms with E-state index >= 15 is 0 Å². The minimum Gasteiger partial charge on any atom is -0.465 e. The topological polar surface area (TPSA) is 78.6 Å². The van der Waals surface area contributed by atoms with Gasteiger partial charge in [-0.25, -0.2) is 4.79 Å². The number of carbonyl (C=O) groups is 2. The Kier molecular flexibility index (Phi) is 7.32. The van der Waals surface area contributed by atoms with Gasteiger partial charge in [-0.3, -0.25) is 4.79 Å². The lowest BCUT2D eigenvalue weighted by Crippen LogP contribution is -2.12. The van der Waals surface area contributed by atoms with Crippen LogP contribution in [0.2, 0.25) is 5.02 Å². The summed E-state index contributed by atoms with van der Waals surface area (Å²) in [5.41, 5.74) is 4.86. The Balaban J connectivity index is 1.55. The molecular weight excluding hydrogens is 466 g/mol. The number of ether oxygens (including phenoxy) is 2. The zero-order valence-corrected chi connectivity index (χ0v) is 20.3. The molecule has 178 valence electrons. The second-order valence-corrected chi connectivity index (χ2v) is 8.43. The molecule has 35 heavy (non-hydrogen) atoms. The molecule has 6 nitrogen and oxygen atoms in total. The van der Waals surface area contributed by atoms with Crippen LogP contribution in [0.4, 0.5) is 0 Å². The Morgan fingerprint density at radius 3 is 2.34 bits per heavy atom. The molecule has 4 aromatic rings. The van der Waals surface area contributed by atoms with Crippen LogP contribution < -0.4 is 0 Å². The summed E-state index contributed by atoms with van der Waals surface area (Å²) in [5, 5.41) is 4.61. The van der Waals surface area contributed by atoms with Crippen molar-refractivity contribution in [3.05, 3.63) is 100 Å². The van der Waals surface area contributed by atoms with Gasteiger partial charge in [0, 0.05) is 21.7 Å². The van der Waals surface area contributed by atoms with Crippen LogP contribution in [0.1, 0.15) is 40.2 Å². The SMILES string of the molecule is COC(=O)c1ccccc1-c1ccc(-c2onc(C)c2CC(=O)OC(C)c2ccccc2Cl)cc1. The first kappa shape index (κ1) is 24.2. The molecule has 0 aliphatic rings. The predicted molar refractivity (Wildman–Crippen MR) is 133 cm³/mol. The fourth-order valence-corrected chi connectivity index (χ4v) is 4.19. The summed E-state index contributed by atoms with van der Waals surface area (Å²) in [6.07, 6.45) is -0.485. The van der Waals surface area contributed by atoms with Crippen molar-refractivity contribution >= 4 is 23.5 Å². The first-order chi connectivity index (χ1) is 16.9. The second kappa shape index (κ2) is 10.6. The van der Waals surface area contributed by atoms with Gasteiger partial charge in [-0.1, -0.05) is 77.4 Å². The predicted octanol–water partition coefficient (Wildman–Crippen LogP) is 6.60. The minimum absolute atomic E-state index is 0.00633. The van der Waals surface area contributed by atoms with E-state index in [4.69, 9.17) is 25.6 Å². The maximum absolute atomic E-state index is 12.7. The van der Waals surface area contributed by atoms with Crippen molar-refractivity contribution in [2.45, 2.75) is 26.4 Å². The third kappa shape index (κ3) is 5.28. The van der Waals surface area contributed by atoms with Crippen molar-refractivity contribution < 1.29 is 23.6 Å². The molecule has 0 radical (unpaired) electrons. The Morgan fingerprint density at radius 2 is 1.63 bits per heavy atom. The van der Waals surface area contributed by atoms with E-state index in [0.717, 1.165) is 22.3 Å². The van der Waals surface area contributed by atoms with Crippen LogP contribution in [0.3, 0.4) is 0 Å². The first-order valence-corrected chi connectivity index (χ1v) is 11.4. The van der Waals surface area contributed by atoms with Gasteiger partial charge in [0.25, 0.3) is 0 Å². The maximum Gasteiger partial charge on any atom is 0.338 e. The molecule has 0 spiro atoms. The second-order valence-electron chi connectivity index (χ2n) is 8.02. The summed E-state index contributed by atoms with van der Waals surface area (Å²) in [7, 11) is 1.36. The molecule has 1 aromatic heterocycles. The quantitative estimate of drug-likeness (QED) is 0.272. The van der Waals surface area contributed by atoms with Gasteiger partial charge in [0.2, 0.25) is 0 Å². The van der Waals surface area contributed by atoms with Crippen LogP contribution in [0.25, 0.3) is 22.5 Å². The van der Waals surface area contributed by atoms with Crippen molar-refractivity contribution in [3.8, 4) is 22.5 Å². The van der Waals surface area contributed by atoms with E-state index < -0.39 is 18.0 Å². The van der Waals surface area contributed by atoms with Crippen molar-refractivity contribution in [2.75, 3.05) is 7.11 Å². The van der Waals surface area contributed by atoms with E-state index in [2.05, 4.69) is 5.16 Å². The van der Waals surface area contributed by atoms with Gasteiger partial charge in [-0.15, -0.1) is 0 Å². The van der Waals surface area contributed by atoms with Gasteiger partial charge in [0.15, 0.2) is 5.76 Å². The maximum atomic E-state index is 12.7. The summed E-state index contributed by atoms with van der Waals surface area (Å²) in [5.74, 6) is -0.311. The van der Waals surface area contributed by atoms with Gasteiger partial charge in [-0.05, 0) is 37.1 Å². The lowest BCUT2D eigenvalue weighted by Gasteiger charge is -2.15. The molecule has 7 heteroatoms. The number of carbonyl (C=O) groups excluding carboxylic acids is 2. The number of benzene rings is 3. The Bertz CT molecular complexity index is 1360. The molecule has 4 rings (SSSR count). The van der Waals surface area contributed by atoms with E-state index in [1.807, 2.05) is 54.6 Å². The summed E-state index contributed by atoms with van der Waals surface area (Å²) in [6.45, 7) is 3.57. The molecule has 0 bridgehead atoms. The number of esters is 2. The van der Waals surface area contributed by atoms with Crippen molar-refractivity contribution in [1.29, 1.82) is 0 Å². The number of hydrogen-bond donors (Lipinski definition) is 0. The largest absolute Gasteiger partial charge is 0.465 e. The molecule has 0 aliphatic carbocycles. The fraction of sp³-hybridized carbons (Fsp3) is 0.179. The monoisotopic (exact) mass is 489 g/mol. The minimum atomic E-state index is -0.492. The van der Waals surface area contributed by atoms with Crippen molar-refractivity contribution in [1.82, 2.24) is 5.16 Å². The van der Waals surface area contributed by atoms with E-state index in [-0.39, 0.29) is 6.42 Å². The molecule has 1 heterocycles. The zero-order valence-electron chi connectivity index (χ0n) is 19.6. The Morgan fingerprint density at radius 1 is 0.971 bits per heavy atom. The number of aryl methyl sites for hydroxylation is 1. The molecule has 0 saturated carbocycles. The highest BCUT2D eigenvalue weighted by atomic mass is 35.5. The van der Waals surface area contributed by atoms with E-state index in [1.165, 1.54) is 7.11 Å². The van der Waals surface area contributed by atoms with Crippen LogP contribution >= 0.6 is 11.6 Å².